The Hall–Kier alpha value is -2.57. The lowest BCUT2D eigenvalue weighted by atomic mass is 9.88. The Kier molecular flexibility index (Phi) is 5.74. The van der Waals surface area contributed by atoms with Crippen LogP contribution in [0.1, 0.15) is 37.7 Å². The molecular formula is C22H29N3O4. The summed E-state index contributed by atoms with van der Waals surface area (Å²) in [5.74, 6) is 0.212. The molecule has 29 heavy (non-hydrogen) atoms. The normalized spacial score (nSPS) is 24.9. The van der Waals surface area contributed by atoms with E-state index in [1.54, 1.807) is 4.90 Å². The van der Waals surface area contributed by atoms with Crippen LogP contribution in [0.4, 0.5) is 4.79 Å². The molecule has 7 nitrogen and oxygen atoms in total. The van der Waals surface area contributed by atoms with Crippen molar-refractivity contribution in [2.45, 2.75) is 44.1 Å². The maximum Gasteiger partial charge on any atom is 0.410 e. The molecule has 0 radical (unpaired) electrons. The zero-order chi connectivity index (χ0) is 20.3. The van der Waals surface area contributed by atoms with Gasteiger partial charge < -0.3 is 14.5 Å². The summed E-state index contributed by atoms with van der Waals surface area (Å²) < 4.78 is 5.38. The second-order valence-corrected chi connectivity index (χ2v) is 8.35. The van der Waals surface area contributed by atoms with E-state index in [9.17, 15) is 14.4 Å². The third-order valence-corrected chi connectivity index (χ3v) is 6.33. The van der Waals surface area contributed by atoms with Gasteiger partial charge >= 0.3 is 6.09 Å². The number of amides is 3. The van der Waals surface area contributed by atoms with Crippen LogP contribution in [0.5, 0.6) is 0 Å². The van der Waals surface area contributed by atoms with E-state index in [2.05, 4.69) is 0 Å². The topological polar surface area (TPSA) is 70.2 Å². The number of piperazine rings is 1. The van der Waals surface area contributed by atoms with E-state index in [1.807, 2.05) is 40.1 Å². The molecule has 0 saturated carbocycles. The first-order valence-electron chi connectivity index (χ1n) is 10.6. The molecule has 3 fully saturated rings. The first-order valence-corrected chi connectivity index (χ1v) is 10.6. The van der Waals surface area contributed by atoms with Gasteiger partial charge in [0.05, 0.1) is 0 Å². The molecule has 0 aliphatic carbocycles. The fourth-order valence-electron chi connectivity index (χ4n) is 4.71. The van der Waals surface area contributed by atoms with Crippen LogP contribution in [0, 0.1) is 0 Å². The molecule has 7 heteroatoms. The predicted octanol–water partition coefficient (Wildman–Crippen LogP) is 2.05. The van der Waals surface area contributed by atoms with E-state index in [1.165, 1.54) is 0 Å². The summed E-state index contributed by atoms with van der Waals surface area (Å²) in [6, 6.07) is 10.0. The van der Waals surface area contributed by atoms with E-state index in [-0.39, 0.29) is 17.9 Å². The van der Waals surface area contributed by atoms with Gasteiger partial charge in [0.2, 0.25) is 11.8 Å². The molecule has 0 aromatic heterocycles. The first kappa shape index (κ1) is 19.7. The van der Waals surface area contributed by atoms with Crippen molar-refractivity contribution < 1.29 is 19.1 Å². The van der Waals surface area contributed by atoms with Crippen molar-refractivity contribution >= 4 is 17.9 Å². The van der Waals surface area contributed by atoms with Crippen molar-refractivity contribution in [3.8, 4) is 0 Å². The van der Waals surface area contributed by atoms with Crippen LogP contribution in [0.25, 0.3) is 0 Å². The molecular weight excluding hydrogens is 370 g/mol. The van der Waals surface area contributed by atoms with Crippen LogP contribution in [0.2, 0.25) is 0 Å². The zero-order valence-corrected chi connectivity index (χ0v) is 16.8. The SMILES string of the molecule is O=C1CCCCCN1CCC(=O)N1CCN2C(=O)OCC2(Cc2ccccc2)C1. The van der Waals surface area contributed by atoms with Gasteiger partial charge in [-0.3, -0.25) is 14.5 Å². The first-order chi connectivity index (χ1) is 14.1. The summed E-state index contributed by atoms with van der Waals surface area (Å²) in [5.41, 5.74) is 0.616. The molecule has 0 bridgehead atoms. The lowest BCUT2D eigenvalue weighted by Crippen LogP contribution is -2.63. The second kappa shape index (κ2) is 8.43. The van der Waals surface area contributed by atoms with Crippen LogP contribution < -0.4 is 0 Å². The van der Waals surface area contributed by atoms with E-state index in [4.69, 9.17) is 4.74 Å². The number of hydrogen-bond donors (Lipinski definition) is 0. The minimum Gasteiger partial charge on any atom is -0.447 e. The molecule has 1 atom stereocenters. The molecule has 3 saturated heterocycles. The number of rotatable bonds is 5. The summed E-state index contributed by atoms with van der Waals surface area (Å²) in [6.07, 6.45) is 4.33. The Labute approximate surface area is 171 Å². The largest absolute Gasteiger partial charge is 0.447 e. The molecule has 3 amide bonds. The maximum absolute atomic E-state index is 12.9. The Morgan fingerprint density at radius 2 is 1.86 bits per heavy atom. The van der Waals surface area contributed by atoms with Gasteiger partial charge in [-0.25, -0.2) is 4.79 Å². The highest BCUT2D eigenvalue weighted by molar-refractivity contribution is 5.80. The van der Waals surface area contributed by atoms with Crippen molar-refractivity contribution in [2.75, 3.05) is 39.3 Å². The molecule has 156 valence electrons. The number of nitrogens with zero attached hydrogens (tertiary/aromatic N) is 3. The Morgan fingerprint density at radius 1 is 1.03 bits per heavy atom. The van der Waals surface area contributed by atoms with Gasteiger partial charge in [-0.1, -0.05) is 36.8 Å². The van der Waals surface area contributed by atoms with Gasteiger partial charge in [0.25, 0.3) is 0 Å². The predicted molar refractivity (Wildman–Crippen MR) is 107 cm³/mol. The molecule has 4 rings (SSSR count). The minimum absolute atomic E-state index is 0.0495. The van der Waals surface area contributed by atoms with Gasteiger partial charge in [0.15, 0.2) is 0 Å². The van der Waals surface area contributed by atoms with Crippen molar-refractivity contribution in [1.29, 1.82) is 0 Å². The zero-order valence-electron chi connectivity index (χ0n) is 16.8. The lowest BCUT2D eigenvalue weighted by molar-refractivity contribution is -0.137. The maximum atomic E-state index is 12.9. The number of benzene rings is 1. The summed E-state index contributed by atoms with van der Waals surface area (Å²) >= 11 is 0. The van der Waals surface area contributed by atoms with Crippen molar-refractivity contribution in [3.63, 3.8) is 0 Å². The van der Waals surface area contributed by atoms with Crippen molar-refractivity contribution in [2.24, 2.45) is 0 Å². The summed E-state index contributed by atoms with van der Waals surface area (Å²) in [6.45, 7) is 3.01. The number of carbonyl (C=O) groups excluding carboxylic acids is 3. The highest BCUT2D eigenvalue weighted by atomic mass is 16.6. The summed E-state index contributed by atoms with van der Waals surface area (Å²) in [5, 5.41) is 0. The number of fused-ring (bicyclic) bond motifs is 1. The standard InChI is InChI=1S/C22H29N3O4/c26-19-9-5-2-6-11-23(19)12-10-20(27)24-13-14-25-21(28)29-17-22(25,16-24)15-18-7-3-1-4-8-18/h1,3-4,7-8H,2,5-6,9-17H2. The van der Waals surface area contributed by atoms with E-state index >= 15 is 0 Å². The Balaban J connectivity index is 1.41. The minimum atomic E-state index is -0.509. The average Bonchev–Trinajstić information content (AvgIpc) is 2.90. The van der Waals surface area contributed by atoms with E-state index in [0.29, 0.717) is 52.0 Å². The van der Waals surface area contributed by atoms with E-state index < -0.39 is 5.54 Å². The fraction of sp³-hybridized carbons (Fsp3) is 0.591. The quantitative estimate of drug-likeness (QED) is 0.760. The van der Waals surface area contributed by atoms with Crippen molar-refractivity contribution in [1.82, 2.24) is 14.7 Å². The molecule has 1 unspecified atom stereocenters. The molecule has 0 spiro atoms. The summed E-state index contributed by atoms with van der Waals surface area (Å²) in [7, 11) is 0. The third-order valence-electron chi connectivity index (χ3n) is 6.33. The smallest absolute Gasteiger partial charge is 0.410 e. The molecule has 1 aromatic rings. The van der Waals surface area contributed by atoms with Gasteiger partial charge in [-0.2, -0.15) is 0 Å². The van der Waals surface area contributed by atoms with Gasteiger partial charge in [0, 0.05) is 52.0 Å². The highest BCUT2D eigenvalue weighted by Gasteiger charge is 2.51. The van der Waals surface area contributed by atoms with Gasteiger partial charge in [0.1, 0.15) is 12.1 Å². The van der Waals surface area contributed by atoms with Crippen LogP contribution in [0.15, 0.2) is 30.3 Å². The van der Waals surface area contributed by atoms with Crippen molar-refractivity contribution in [3.05, 3.63) is 35.9 Å². The Bertz CT molecular complexity index is 769. The number of hydrogen-bond acceptors (Lipinski definition) is 4. The lowest BCUT2D eigenvalue weighted by Gasteiger charge is -2.45. The second-order valence-electron chi connectivity index (χ2n) is 8.35. The monoisotopic (exact) mass is 399 g/mol. The molecule has 3 aliphatic rings. The van der Waals surface area contributed by atoms with Crippen LogP contribution in [-0.4, -0.2) is 77.5 Å². The molecule has 1 aromatic carbocycles. The van der Waals surface area contributed by atoms with Gasteiger partial charge in [-0.05, 0) is 18.4 Å². The Morgan fingerprint density at radius 3 is 2.69 bits per heavy atom. The van der Waals surface area contributed by atoms with Crippen LogP contribution >= 0.6 is 0 Å². The molecule has 3 aliphatic heterocycles. The molecule has 3 heterocycles. The third kappa shape index (κ3) is 4.23. The number of ether oxygens (including phenoxy) is 1. The molecule has 0 N–H and O–H groups in total. The van der Waals surface area contributed by atoms with E-state index in [0.717, 1.165) is 31.4 Å². The summed E-state index contributed by atoms with van der Waals surface area (Å²) in [4.78, 5) is 42.8. The van der Waals surface area contributed by atoms with Crippen LogP contribution in [0.3, 0.4) is 0 Å². The van der Waals surface area contributed by atoms with Gasteiger partial charge in [-0.15, -0.1) is 0 Å². The van der Waals surface area contributed by atoms with Crippen LogP contribution in [-0.2, 0) is 20.7 Å². The average molecular weight is 399 g/mol. The fourth-order valence-corrected chi connectivity index (χ4v) is 4.71. The number of likely N-dealkylation sites (tertiary alicyclic amines) is 1. The highest BCUT2D eigenvalue weighted by Crippen LogP contribution is 2.32. The number of carbonyl (C=O) groups is 3. The number of cyclic esters (lactones) is 1.